The summed E-state index contributed by atoms with van der Waals surface area (Å²) in [4.78, 5) is 16.5. The standard InChI is InChI=1S/C16H31N3O/c1-13(2)14-4-6-15(7-5-14)18-8-10-19(11-9-18)16(20)12-17-3/h13-15,17H,4-12H2,1-3H3. The maximum Gasteiger partial charge on any atom is 0.236 e. The van der Waals surface area contributed by atoms with E-state index < -0.39 is 0 Å². The lowest BCUT2D eigenvalue weighted by Crippen LogP contribution is -2.53. The van der Waals surface area contributed by atoms with Crippen molar-refractivity contribution in [2.45, 2.75) is 45.6 Å². The Balaban J connectivity index is 1.73. The molecule has 0 spiro atoms. The molecule has 0 unspecified atom stereocenters. The van der Waals surface area contributed by atoms with Crippen LogP contribution in [0.15, 0.2) is 0 Å². The van der Waals surface area contributed by atoms with Crippen LogP contribution in [0.3, 0.4) is 0 Å². The maximum absolute atomic E-state index is 11.8. The SMILES string of the molecule is CNCC(=O)N1CCN(C2CCC(C(C)C)CC2)CC1. The van der Waals surface area contributed by atoms with Gasteiger partial charge in [0.1, 0.15) is 0 Å². The quantitative estimate of drug-likeness (QED) is 0.849. The van der Waals surface area contributed by atoms with Gasteiger partial charge in [0.25, 0.3) is 0 Å². The molecule has 1 saturated heterocycles. The van der Waals surface area contributed by atoms with E-state index in [0.29, 0.717) is 6.54 Å². The van der Waals surface area contributed by atoms with Crippen LogP contribution >= 0.6 is 0 Å². The summed E-state index contributed by atoms with van der Waals surface area (Å²) in [6, 6.07) is 0.770. The molecule has 116 valence electrons. The first-order valence-electron chi connectivity index (χ1n) is 8.28. The van der Waals surface area contributed by atoms with Crippen molar-refractivity contribution in [2.75, 3.05) is 39.8 Å². The van der Waals surface area contributed by atoms with Crippen molar-refractivity contribution in [3.8, 4) is 0 Å². The lowest BCUT2D eigenvalue weighted by molar-refractivity contribution is -0.132. The van der Waals surface area contributed by atoms with Gasteiger partial charge in [-0.05, 0) is 44.6 Å². The number of hydrogen-bond acceptors (Lipinski definition) is 3. The van der Waals surface area contributed by atoms with E-state index in [-0.39, 0.29) is 5.91 Å². The summed E-state index contributed by atoms with van der Waals surface area (Å²) >= 11 is 0. The molecule has 2 aliphatic rings. The van der Waals surface area contributed by atoms with Gasteiger partial charge in [-0.25, -0.2) is 0 Å². The number of carbonyl (C=O) groups excluding carboxylic acids is 1. The van der Waals surface area contributed by atoms with Gasteiger partial charge >= 0.3 is 0 Å². The molecule has 1 N–H and O–H groups in total. The van der Waals surface area contributed by atoms with Gasteiger partial charge in [-0.2, -0.15) is 0 Å². The van der Waals surface area contributed by atoms with Gasteiger partial charge in [0.2, 0.25) is 5.91 Å². The third-order valence-electron chi connectivity index (χ3n) is 5.20. The van der Waals surface area contributed by atoms with Crippen molar-refractivity contribution in [2.24, 2.45) is 11.8 Å². The van der Waals surface area contributed by atoms with E-state index in [1.54, 1.807) is 0 Å². The Morgan fingerprint density at radius 2 is 1.70 bits per heavy atom. The molecule has 4 nitrogen and oxygen atoms in total. The van der Waals surface area contributed by atoms with Crippen LogP contribution in [0.25, 0.3) is 0 Å². The van der Waals surface area contributed by atoms with Crippen LogP contribution in [0.5, 0.6) is 0 Å². The second-order valence-corrected chi connectivity index (χ2v) is 6.76. The lowest BCUT2D eigenvalue weighted by Gasteiger charge is -2.42. The van der Waals surface area contributed by atoms with Gasteiger partial charge in [-0.3, -0.25) is 9.69 Å². The van der Waals surface area contributed by atoms with E-state index in [2.05, 4.69) is 24.1 Å². The van der Waals surface area contributed by atoms with Crippen LogP contribution in [-0.4, -0.2) is 61.5 Å². The van der Waals surface area contributed by atoms with Gasteiger partial charge in [0, 0.05) is 32.2 Å². The van der Waals surface area contributed by atoms with Crippen LogP contribution < -0.4 is 5.32 Å². The Labute approximate surface area is 123 Å². The summed E-state index contributed by atoms with van der Waals surface area (Å²) in [7, 11) is 1.83. The smallest absolute Gasteiger partial charge is 0.236 e. The summed E-state index contributed by atoms with van der Waals surface area (Å²) in [6.45, 7) is 9.13. The summed E-state index contributed by atoms with van der Waals surface area (Å²) in [5.41, 5.74) is 0. The normalized spacial score (nSPS) is 28.9. The van der Waals surface area contributed by atoms with E-state index in [1.807, 2.05) is 11.9 Å². The van der Waals surface area contributed by atoms with E-state index >= 15 is 0 Å². The van der Waals surface area contributed by atoms with E-state index in [0.717, 1.165) is 44.1 Å². The van der Waals surface area contributed by atoms with Crippen molar-refractivity contribution < 1.29 is 4.79 Å². The molecule has 20 heavy (non-hydrogen) atoms. The third-order valence-corrected chi connectivity index (χ3v) is 5.20. The first-order valence-corrected chi connectivity index (χ1v) is 8.28. The van der Waals surface area contributed by atoms with Crippen molar-refractivity contribution in [1.82, 2.24) is 15.1 Å². The Kier molecular flexibility index (Phi) is 5.85. The molecule has 0 atom stereocenters. The summed E-state index contributed by atoms with van der Waals surface area (Å²) < 4.78 is 0. The zero-order valence-electron chi connectivity index (χ0n) is 13.4. The fourth-order valence-corrected chi connectivity index (χ4v) is 3.73. The first-order chi connectivity index (χ1) is 9.61. The Morgan fingerprint density at radius 3 is 2.20 bits per heavy atom. The number of amides is 1. The second-order valence-electron chi connectivity index (χ2n) is 6.76. The summed E-state index contributed by atoms with van der Waals surface area (Å²) in [5.74, 6) is 2.02. The Morgan fingerprint density at radius 1 is 1.10 bits per heavy atom. The number of likely N-dealkylation sites (N-methyl/N-ethyl adjacent to an activating group) is 1. The van der Waals surface area contributed by atoms with Crippen LogP contribution in [0.2, 0.25) is 0 Å². The molecule has 0 aromatic rings. The van der Waals surface area contributed by atoms with E-state index in [1.165, 1.54) is 25.7 Å². The number of carbonyl (C=O) groups is 1. The second kappa shape index (κ2) is 7.41. The molecule has 2 fully saturated rings. The van der Waals surface area contributed by atoms with Crippen molar-refractivity contribution >= 4 is 5.91 Å². The lowest BCUT2D eigenvalue weighted by atomic mass is 9.79. The minimum Gasteiger partial charge on any atom is -0.339 e. The van der Waals surface area contributed by atoms with Gasteiger partial charge < -0.3 is 10.2 Å². The molecule has 0 radical (unpaired) electrons. The maximum atomic E-state index is 11.8. The highest BCUT2D eigenvalue weighted by Gasteiger charge is 2.29. The van der Waals surface area contributed by atoms with Crippen LogP contribution in [-0.2, 0) is 4.79 Å². The molecule has 0 aromatic carbocycles. The number of piperazine rings is 1. The minimum atomic E-state index is 0.246. The fraction of sp³-hybridized carbons (Fsp3) is 0.938. The number of nitrogens with one attached hydrogen (secondary N) is 1. The molecule has 0 aromatic heterocycles. The third kappa shape index (κ3) is 3.95. The van der Waals surface area contributed by atoms with Crippen molar-refractivity contribution in [1.29, 1.82) is 0 Å². The predicted octanol–water partition coefficient (Wildman–Crippen LogP) is 1.56. The molecule has 2 rings (SSSR count). The topological polar surface area (TPSA) is 35.6 Å². The molecule has 1 aliphatic carbocycles. The molecule has 1 saturated carbocycles. The molecular formula is C16H31N3O. The van der Waals surface area contributed by atoms with Crippen molar-refractivity contribution in [3.63, 3.8) is 0 Å². The zero-order chi connectivity index (χ0) is 14.5. The Bertz CT molecular complexity index is 303. The van der Waals surface area contributed by atoms with Crippen LogP contribution in [0.1, 0.15) is 39.5 Å². The Hall–Kier alpha value is -0.610. The van der Waals surface area contributed by atoms with Gasteiger partial charge in [0.05, 0.1) is 6.54 Å². The summed E-state index contributed by atoms with van der Waals surface area (Å²) in [5, 5.41) is 2.95. The monoisotopic (exact) mass is 281 g/mol. The average Bonchev–Trinajstić information content (AvgIpc) is 2.48. The highest BCUT2D eigenvalue weighted by atomic mass is 16.2. The van der Waals surface area contributed by atoms with Crippen LogP contribution in [0.4, 0.5) is 0 Å². The number of nitrogens with zero attached hydrogens (tertiary/aromatic N) is 2. The van der Waals surface area contributed by atoms with Gasteiger partial charge in [0.15, 0.2) is 0 Å². The van der Waals surface area contributed by atoms with Crippen molar-refractivity contribution in [3.05, 3.63) is 0 Å². The number of rotatable bonds is 4. The van der Waals surface area contributed by atoms with Crippen LogP contribution in [0, 0.1) is 11.8 Å². The van der Waals surface area contributed by atoms with E-state index in [9.17, 15) is 4.79 Å². The minimum absolute atomic E-state index is 0.246. The molecular weight excluding hydrogens is 250 g/mol. The zero-order valence-corrected chi connectivity index (χ0v) is 13.4. The molecule has 1 amide bonds. The predicted molar refractivity (Wildman–Crippen MR) is 82.7 cm³/mol. The molecule has 1 aliphatic heterocycles. The molecule has 1 heterocycles. The first kappa shape index (κ1) is 15.8. The largest absolute Gasteiger partial charge is 0.339 e. The fourth-order valence-electron chi connectivity index (χ4n) is 3.73. The molecule has 0 bridgehead atoms. The molecule has 4 heteroatoms. The summed E-state index contributed by atoms with van der Waals surface area (Å²) in [6.07, 6.45) is 5.49. The highest BCUT2D eigenvalue weighted by Crippen LogP contribution is 2.32. The van der Waals surface area contributed by atoms with Gasteiger partial charge in [-0.1, -0.05) is 13.8 Å². The average molecular weight is 281 g/mol. The van der Waals surface area contributed by atoms with E-state index in [4.69, 9.17) is 0 Å². The van der Waals surface area contributed by atoms with Gasteiger partial charge in [-0.15, -0.1) is 0 Å². The number of hydrogen-bond donors (Lipinski definition) is 1. The highest BCUT2D eigenvalue weighted by molar-refractivity contribution is 5.78.